The van der Waals surface area contributed by atoms with E-state index in [1.165, 1.54) is 31.7 Å². The van der Waals surface area contributed by atoms with Crippen molar-refractivity contribution in [2.24, 2.45) is 10.7 Å². The molecule has 1 aliphatic rings. The zero-order valence-corrected chi connectivity index (χ0v) is 15.0. The second-order valence-corrected chi connectivity index (χ2v) is 5.46. The highest BCUT2D eigenvalue weighted by molar-refractivity contribution is 14.0. The zero-order chi connectivity index (χ0) is 14.4. The lowest BCUT2D eigenvalue weighted by molar-refractivity contribution is 0.428. The van der Waals surface area contributed by atoms with Crippen LogP contribution in [-0.2, 0) is 6.42 Å². The summed E-state index contributed by atoms with van der Waals surface area (Å²) < 4.78 is 13.0. The SMILES string of the molecule is Cc1cc(F)ccc1CCN=C(N)N1CCCCCC1.I. The Morgan fingerprint density at radius 3 is 2.52 bits per heavy atom. The van der Waals surface area contributed by atoms with Crippen molar-refractivity contribution >= 4 is 29.9 Å². The summed E-state index contributed by atoms with van der Waals surface area (Å²) in [6.45, 7) is 4.63. The summed E-state index contributed by atoms with van der Waals surface area (Å²) in [7, 11) is 0. The van der Waals surface area contributed by atoms with Crippen LogP contribution in [-0.4, -0.2) is 30.5 Å². The van der Waals surface area contributed by atoms with Gasteiger partial charge in [-0.05, 0) is 49.4 Å². The molecule has 0 saturated carbocycles. The fraction of sp³-hybridized carbons (Fsp3) is 0.562. The number of likely N-dealkylation sites (tertiary alicyclic amines) is 1. The first kappa shape index (κ1) is 18.2. The summed E-state index contributed by atoms with van der Waals surface area (Å²) in [5, 5.41) is 0. The normalized spacial score (nSPS) is 16.3. The van der Waals surface area contributed by atoms with Gasteiger partial charge in [0.15, 0.2) is 5.96 Å². The Morgan fingerprint density at radius 1 is 1.24 bits per heavy atom. The Morgan fingerprint density at radius 2 is 1.90 bits per heavy atom. The number of rotatable bonds is 3. The van der Waals surface area contributed by atoms with Crippen LogP contribution >= 0.6 is 24.0 Å². The number of halogens is 2. The van der Waals surface area contributed by atoms with Gasteiger partial charge >= 0.3 is 0 Å². The van der Waals surface area contributed by atoms with Gasteiger partial charge in [-0.1, -0.05) is 18.9 Å². The van der Waals surface area contributed by atoms with Gasteiger partial charge in [-0.2, -0.15) is 0 Å². The van der Waals surface area contributed by atoms with E-state index in [-0.39, 0.29) is 29.8 Å². The van der Waals surface area contributed by atoms with E-state index in [2.05, 4.69) is 9.89 Å². The number of aliphatic imine (C=N–C) groups is 1. The third-order valence-electron chi connectivity index (χ3n) is 3.89. The smallest absolute Gasteiger partial charge is 0.191 e. The van der Waals surface area contributed by atoms with Crippen LogP contribution in [0.2, 0.25) is 0 Å². The molecule has 0 unspecified atom stereocenters. The van der Waals surface area contributed by atoms with E-state index in [1.807, 2.05) is 13.0 Å². The number of hydrogen-bond donors (Lipinski definition) is 1. The highest BCUT2D eigenvalue weighted by Gasteiger charge is 2.10. The van der Waals surface area contributed by atoms with E-state index < -0.39 is 0 Å². The molecule has 0 aromatic heterocycles. The maximum Gasteiger partial charge on any atom is 0.191 e. The molecule has 118 valence electrons. The third-order valence-corrected chi connectivity index (χ3v) is 3.89. The summed E-state index contributed by atoms with van der Waals surface area (Å²) in [6.07, 6.45) is 5.79. The van der Waals surface area contributed by atoms with E-state index in [9.17, 15) is 4.39 Å². The molecular weight excluding hydrogens is 380 g/mol. The van der Waals surface area contributed by atoms with Crippen molar-refractivity contribution in [3.05, 3.63) is 35.1 Å². The molecule has 5 heteroatoms. The predicted octanol–water partition coefficient (Wildman–Crippen LogP) is 3.49. The highest BCUT2D eigenvalue weighted by atomic mass is 127. The largest absolute Gasteiger partial charge is 0.370 e. The first-order chi connectivity index (χ1) is 9.66. The quantitative estimate of drug-likeness (QED) is 0.475. The molecule has 1 aliphatic heterocycles. The van der Waals surface area contributed by atoms with Gasteiger partial charge in [0.05, 0.1) is 0 Å². The number of hydrogen-bond acceptors (Lipinski definition) is 1. The predicted molar refractivity (Wildman–Crippen MR) is 96.8 cm³/mol. The summed E-state index contributed by atoms with van der Waals surface area (Å²) in [5.74, 6) is 0.477. The molecule has 21 heavy (non-hydrogen) atoms. The molecule has 2 rings (SSSR count). The summed E-state index contributed by atoms with van der Waals surface area (Å²) in [4.78, 5) is 6.66. The van der Waals surface area contributed by atoms with E-state index in [1.54, 1.807) is 6.07 Å². The van der Waals surface area contributed by atoms with E-state index in [4.69, 9.17) is 5.73 Å². The lowest BCUT2D eigenvalue weighted by Crippen LogP contribution is -2.38. The average Bonchev–Trinajstić information content (AvgIpc) is 2.70. The van der Waals surface area contributed by atoms with Crippen LogP contribution in [0.15, 0.2) is 23.2 Å². The van der Waals surface area contributed by atoms with Crippen molar-refractivity contribution in [2.45, 2.75) is 39.0 Å². The topological polar surface area (TPSA) is 41.6 Å². The molecule has 1 fully saturated rings. The minimum absolute atomic E-state index is 0. The lowest BCUT2D eigenvalue weighted by Gasteiger charge is -2.21. The maximum atomic E-state index is 13.0. The molecule has 0 bridgehead atoms. The second-order valence-electron chi connectivity index (χ2n) is 5.46. The van der Waals surface area contributed by atoms with Crippen LogP contribution in [0.5, 0.6) is 0 Å². The summed E-state index contributed by atoms with van der Waals surface area (Å²) >= 11 is 0. The third kappa shape index (κ3) is 5.80. The van der Waals surface area contributed by atoms with Crippen LogP contribution in [0.1, 0.15) is 36.8 Å². The van der Waals surface area contributed by atoms with Crippen molar-refractivity contribution in [2.75, 3.05) is 19.6 Å². The van der Waals surface area contributed by atoms with Gasteiger partial charge < -0.3 is 10.6 Å². The Bertz CT molecular complexity index is 469. The molecule has 0 amide bonds. The zero-order valence-electron chi connectivity index (χ0n) is 12.6. The molecule has 2 N–H and O–H groups in total. The number of guanidine groups is 1. The maximum absolute atomic E-state index is 13.0. The lowest BCUT2D eigenvalue weighted by atomic mass is 10.1. The molecule has 1 heterocycles. The van der Waals surface area contributed by atoms with Gasteiger partial charge in [-0.3, -0.25) is 4.99 Å². The minimum atomic E-state index is -0.182. The molecule has 0 atom stereocenters. The van der Waals surface area contributed by atoms with Crippen molar-refractivity contribution in [1.82, 2.24) is 4.90 Å². The number of aryl methyl sites for hydroxylation is 1. The van der Waals surface area contributed by atoms with Crippen LogP contribution < -0.4 is 5.73 Å². The van der Waals surface area contributed by atoms with Crippen molar-refractivity contribution in [1.29, 1.82) is 0 Å². The van der Waals surface area contributed by atoms with Gasteiger partial charge in [0, 0.05) is 19.6 Å². The number of benzene rings is 1. The van der Waals surface area contributed by atoms with E-state index in [0.717, 1.165) is 30.6 Å². The Balaban J connectivity index is 0.00000220. The fourth-order valence-corrected chi connectivity index (χ4v) is 2.63. The van der Waals surface area contributed by atoms with E-state index in [0.29, 0.717) is 12.5 Å². The number of nitrogens with two attached hydrogens (primary N) is 1. The molecule has 1 aromatic carbocycles. The van der Waals surface area contributed by atoms with Gasteiger partial charge in [0.1, 0.15) is 5.82 Å². The second kappa shape index (κ2) is 9.23. The number of nitrogens with zero attached hydrogens (tertiary/aromatic N) is 2. The molecule has 0 radical (unpaired) electrons. The minimum Gasteiger partial charge on any atom is -0.370 e. The monoisotopic (exact) mass is 405 g/mol. The average molecular weight is 405 g/mol. The van der Waals surface area contributed by atoms with Gasteiger partial charge in [-0.25, -0.2) is 4.39 Å². The van der Waals surface area contributed by atoms with Crippen LogP contribution in [0.25, 0.3) is 0 Å². The molecular formula is C16H25FIN3. The van der Waals surface area contributed by atoms with Crippen molar-refractivity contribution < 1.29 is 4.39 Å². The fourth-order valence-electron chi connectivity index (χ4n) is 2.63. The Kier molecular flexibility index (Phi) is 8.00. The summed E-state index contributed by atoms with van der Waals surface area (Å²) in [5.41, 5.74) is 8.18. The van der Waals surface area contributed by atoms with Gasteiger partial charge in [0.2, 0.25) is 0 Å². The molecule has 1 aromatic rings. The molecule has 0 aliphatic carbocycles. The summed E-state index contributed by atoms with van der Waals surface area (Å²) in [6, 6.07) is 4.91. The van der Waals surface area contributed by atoms with Crippen molar-refractivity contribution in [3.8, 4) is 0 Å². The van der Waals surface area contributed by atoms with Crippen LogP contribution in [0, 0.1) is 12.7 Å². The van der Waals surface area contributed by atoms with E-state index >= 15 is 0 Å². The van der Waals surface area contributed by atoms with Crippen LogP contribution in [0.3, 0.4) is 0 Å². The Hall–Kier alpha value is -0.850. The van der Waals surface area contributed by atoms with Gasteiger partial charge in [-0.15, -0.1) is 24.0 Å². The Labute approximate surface area is 143 Å². The molecule has 1 saturated heterocycles. The standard InChI is InChI=1S/C16H24FN3.HI/c1-13-12-15(17)7-6-14(13)8-9-19-16(18)20-10-4-2-3-5-11-20;/h6-7,12H,2-5,8-11H2,1H3,(H2,18,19);1H. The molecule has 0 spiro atoms. The highest BCUT2D eigenvalue weighted by Crippen LogP contribution is 2.11. The first-order valence-electron chi connectivity index (χ1n) is 7.47. The van der Waals surface area contributed by atoms with Crippen molar-refractivity contribution in [3.63, 3.8) is 0 Å². The van der Waals surface area contributed by atoms with Crippen LogP contribution in [0.4, 0.5) is 4.39 Å². The first-order valence-corrected chi connectivity index (χ1v) is 7.47. The molecule has 3 nitrogen and oxygen atoms in total. The van der Waals surface area contributed by atoms with Gasteiger partial charge in [0.25, 0.3) is 0 Å².